The van der Waals surface area contributed by atoms with E-state index in [2.05, 4.69) is 25.8 Å². The van der Waals surface area contributed by atoms with Gasteiger partial charge in [0, 0.05) is 6.20 Å². The number of pyridine rings is 1. The monoisotopic (exact) mass is 463 g/mol. The number of halogens is 4. The zero-order valence-corrected chi connectivity index (χ0v) is 16.4. The molecular weight excluding hydrogens is 450 g/mol. The fourth-order valence-corrected chi connectivity index (χ4v) is 3.21. The smallest absolute Gasteiger partial charge is 0.347 e. The van der Waals surface area contributed by atoms with Gasteiger partial charge >= 0.3 is 12.2 Å². The van der Waals surface area contributed by atoms with Crippen LogP contribution in [0.25, 0.3) is 5.69 Å². The number of amides is 4. The topological polar surface area (TPSA) is 131 Å². The van der Waals surface area contributed by atoms with Crippen LogP contribution in [0.1, 0.15) is 21.7 Å². The van der Waals surface area contributed by atoms with Gasteiger partial charge in [0.1, 0.15) is 5.82 Å². The van der Waals surface area contributed by atoms with Gasteiger partial charge in [0.2, 0.25) is 0 Å². The Morgan fingerprint density at radius 1 is 1.15 bits per heavy atom. The highest BCUT2D eigenvalue weighted by Crippen LogP contribution is 2.36. The average molecular weight is 463 g/mol. The van der Waals surface area contributed by atoms with Crippen molar-refractivity contribution in [2.24, 2.45) is 0 Å². The van der Waals surface area contributed by atoms with Crippen molar-refractivity contribution in [2.75, 3.05) is 6.54 Å². The summed E-state index contributed by atoms with van der Waals surface area (Å²) in [4.78, 5) is 41.6. The molecule has 10 nitrogen and oxygen atoms in total. The number of rotatable bonds is 5. The van der Waals surface area contributed by atoms with Gasteiger partial charge in [-0.2, -0.15) is 23.1 Å². The van der Waals surface area contributed by atoms with Crippen molar-refractivity contribution in [3.8, 4) is 5.69 Å². The van der Waals surface area contributed by atoms with Crippen molar-refractivity contribution >= 4 is 17.8 Å². The Balaban J connectivity index is 1.61. The lowest BCUT2D eigenvalue weighted by molar-refractivity contribution is -0.139. The van der Waals surface area contributed by atoms with E-state index < -0.39 is 53.2 Å². The predicted octanol–water partition coefficient (Wildman–Crippen LogP) is 1.28. The lowest BCUT2D eigenvalue weighted by atomic mass is 9.90. The molecule has 1 aliphatic heterocycles. The molecule has 1 aromatic carbocycles. The van der Waals surface area contributed by atoms with Gasteiger partial charge in [-0.15, -0.1) is 5.10 Å². The first kappa shape index (κ1) is 21.9. The summed E-state index contributed by atoms with van der Waals surface area (Å²) >= 11 is 0. The van der Waals surface area contributed by atoms with Gasteiger partial charge in [0.15, 0.2) is 11.2 Å². The minimum absolute atomic E-state index is 0.240. The number of benzene rings is 1. The molecule has 4 rings (SSSR count). The maximum atomic E-state index is 13.5. The molecular formula is C19H13F4N7O3. The normalized spacial score (nSPS) is 18.1. The lowest BCUT2D eigenvalue weighted by Crippen LogP contribution is -2.54. The van der Waals surface area contributed by atoms with E-state index in [1.54, 1.807) is 0 Å². The van der Waals surface area contributed by atoms with Gasteiger partial charge < -0.3 is 10.6 Å². The van der Waals surface area contributed by atoms with Crippen molar-refractivity contribution in [1.82, 2.24) is 35.9 Å². The second-order valence-corrected chi connectivity index (χ2v) is 6.89. The molecule has 0 unspecified atom stereocenters. The number of alkyl halides is 3. The first-order chi connectivity index (χ1) is 15.6. The Hall–Kier alpha value is -4.36. The second-order valence-electron chi connectivity index (χ2n) is 6.89. The van der Waals surface area contributed by atoms with E-state index >= 15 is 0 Å². The average Bonchev–Trinajstić information content (AvgIpc) is 3.37. The SMILES string of the molecule is O=C1NC(=O)[C@@](CNC(=O)c2cnn(-c3ccc(F)cc3)n2)(c2ncccc2C(F)(F)F)N1. The van der Waals surface area contributed by atoms with Gasteiger partial charge in [-0.25, -0.2) is 9.18 Å². The van der Waals surface area contributed by atoms with Crippen molar-refractivity contribution in [3.63, 3.8) is 0 Å². The van der Waals surface area contributed by atoms with Crippen LogP contribution in [0, 0.1) is 5.82 Å². The van der Waals surface area contributed by atoms with Crippen LogP contribution in [0.3, 0.4) is 0 Å². The fourth-order valence-electron chi connectivity index (χ4n) is 3.21. The molecule has 1 atom stereocenters. The highest BCUT2D eigenvalue weighted by molar-refractivity contribution is 6.08. The van der Waals surface area contributed by atoms with E-state index in [4.69, 9.17) is 0 Å². The number of urea groups is 1. The number of hydrogen-bond acceptors (Lipinski definition) is 6. The summed E-state index contributed by atoms with van der Waals surface area (Å²) in [6, 6.07) is 5.74. The molecule has 0 radical (unpaired) electrons. The minimum Gasteiger partial charge on any atom is -0.347 e. The number of carbonyl (C=O) groups is 3. The predicted molar refractivity (Wildman–Crippen MR) is 101 cm³/mol. The summed E-state index contributed by atoms with van der Waals surface area (Å²) in [6.07, 6.45) is -2.78. The zero-order chi connectivity index (χ0) is 23.8. The second kappa shape index (κ2) is 7.96. The number of hydrogen-bond donors (Lipinski definition) is 3. The standard InChI is InChI=1S/C19H13F4N7O3/c20-10-3-5-11(6-4-10)30-26-8-13(29-30)15(31)25-9-18(16(32)27-17(33)28-18)14-12(19(21,22)23)2-1-7-24-14/h1-8H,9H2,(H,25,31)(H2,27,28,32,33)/t18-/m1/s1. The Morgan fingerprint density at radius 3 is 2.52 bits per heavy atom. The largest absolute Gasteiger partial charge is 0.418 e. The first-order valence-electron chi connectivity index (χ1n) is 9.23. The van der Waals surface area contributed by atoms with Crippen molar-refractivity contribution in [2.45, 2.75) is 11.7 Å². The molecule has 1 fully saturated rings. The van der Waals surface area contributed by atoms with Crippen molar-refractivity contribution < 1.29 is 31.9 Å². The highest BCUT2D eigenvalue weighted by Gasteiger charge is 2.53. The van der Waals surface area contributed by atoms with E-state index in [1.165, 1.54) is 12.1 Å². The summed E-state index contributed by atoms with van der Waals surface area (Å²) in [5.74, 6) is -2.49. The van der Waals surface area contributed by atoms with E-state index in [9.17, 15) is 31.9 Å². The summed E-state index contributed by atoms with van der Waals surface area (Å²) in [6.45, 7) is -0.757. The van der Waals surface area contributed by atoms with Crippen LogP contribution in [-0.2, 0) is 16.5 Å². The van der Waals surface area contributed by atoms with Crippen molar-refractivity contribution in [1.29, 1.82) is 0 Å². The van der Waals surface area contributed by atoms with Crippen LogP contribution in [-0.4, -0.2) is 44.4 Å². The van der Waals surface area contributed by atoms with E-state index in [1.807, 2.05) is 5.32 Å². The Kier molecular flexibility index (Phi) is 5.27. The zero-order valence-electron chi connectivity index (χ0n) is 16.4. The maximum Gasteiger partial charge on any atom is 0.418 e. The summed E-state index contributed by atoms with van der Waals surface area (Å²) in [5, 5.41) is 14.1. The molecule has 0 saturated carbocycles. The van der Waals surface area contributed by atoms with Gasteiger partial charge in [0.25, 0.3) is 11.8 Å². The molecule has 4 amide bonds. The number of nitrogens with one attached hydrogen (secondary N) is 3. The third-order valence-corrected chi connectivity index (χ3v) is 4.76. The van der Waals surface area contributed by atoms with Crippen LogP contribution in [0.15, 0.2) is 48.8 Å². The molecule has 3 aromatic rings. The number of nitrogens with zero attached hydrogens (tertiary/aromatic N) is 4. The maximum absolute atomic E-state index is 13.5. The molecule has 0 aliphatic carbocycles. The van der Waals surface area contributed by atoms with Crippen molar-refractivity contribution in [3.05, 3.63) is 71.6 Å². The van der Waals surface area contributed by atoms with E-state index in [-0.39, 0.29) is 5.69 Å². The molecule has 1 saturated heterocycles. The summed E-state index contributed by atoms with van der Waals surface area (Å²) in [5.41, 5.74) is -4.24. The van der Waals surface area contributed by atoms with E-state index in [0.717, 1.165) is 35.4 Å². The fraction of sp³-hybridized carbons (Fsp3) is 0.158. The van der Waals surface area contributed by atoms with Crippen LogP contribution in [0.2, 0.25) is 0 Å². The summed E-state index contributed by atoms with van der Waals surface area (Å²) in [7, 11) is 0. The van der Waals surface area contributed by atoms with Gasteiger partial charge in [0.05, 0.1) is 29.7 Å². The molecule has 3 N–H and O–H groups in total. The van der Waals surface area contributed by atoms with Crippen LogP contribution in [0.5, 0.6) is 0 Å². The van der Waals surface area contributed by atoms with E-state index in [0.29, 0.717) is 11.8 Å². The first-order valence-corrected chi connectivity index (χ1v) is 9.23. The Labute approximate surface area is 182 Å². The van der Waals surface area contributed by atoms with Gasteiger partial charge in [-0.1, -0.05) is 0 Å². The van der Waals surface area contributed by atoms with Crippen LogP contribution < -0.4 is 16.0 Å². The summed E-state index contributed by atoms with van der Waals surface area (Å²) < 4.78 is 53.7. The van der Waals surface area contributed by atoms with Crippen LogP contribution in [0.4, 0.5) is 22.4 Å². The number of aromatic nitrogens is 4. The van der Waals surface area contributed by atoms with Gasteiger partial charge in [-0.3, -0.25) is 19.9 Å². The number of carbonyl (C=O) groups excluding carboxylic acids is 3. The Bertz CT molecular complexity index is 1240. The molecule has 3 heterocycles. The molecule has 2 aromatic heterocycles. The molecule has 1 aliphatic rings. The molecule has 0 spiro atoms. The minimum atomic E-state index is -4.88. The molecule has 0 bridgehead atoms. The van der Waals surface area contributed by atoms with Gasteiger partial charge in [-0.05, 0) is 36.4 Å². The Morgan fingerprint density at radius 2 is 1.88 bits per heavy atom. The van der Waals surface area contributed by atoms with Crippen LogP contribution >= 0.6 is 0 Å². The molecule has 33 heavy (non-hydrogen) atoms. The number of imide groups is 1. The molecule has 170 valence electrons. The molecule has 14 heteroatoms. The third-order valence-electron chi connectivity index (χ3n) is 4.76. The lowest BCUT2D eigenvalue weighted by Gasteiger charge is -2.28. The highest BCUT2D eigenvalue weighted by atomic mass is 19.4. The quantitative estimate of drug-likeness (QED) is 0.386. The third kappa shape index (κ3) is 4.09.